The lowest BCUT2D eigenvalue weighted by Crippen LogP contribution is -2.43. The standard InChI is InChI=1S/C13H18N2OS/c1-14(12-5-3-2-4-6-12)11-13(16)15-7-9-17-10-8-15/h2-6H,7-11H2,1H3. The molecule has 0 bridgehead atoms. The van der Waals surface area contributed by atoms with Crippen molar-refractivity contribution in [2.24, 2.45) is 0 Å². The molecule has 2 rings (SSSR count). The maximum absolute atomic E-state index is 12.1. The minimum atomic E-state index is 0.233. The summed E-state index contributed by atoms with van der Waals surface area (Å²) in [6.07, 6.45) is 0. The third kappa shape index (κ3) is 3.40. The molecular weight excluding hydrogens is 232 g/mol. The van der Waals surface area contributed by atoms with Gasteiger partial charge in [-0.3, -0.25) is 4.79 Å². The second-order valence-electron chi connectivity index (χ2n) is 4.18. The Morgan fingerprint density at radius 1 is 1.29 bits per heavy atom. The van der Waals surface area contributed by atoms with Crippen molar-refractivity contribution in [3.63, 3.8) is 0 Å². The highest BCUT2D eigenvalue weighted by atomic mass is 32.2. The zero-order valence-corrected chi connectivity index (χ0v) is 10.9. The molecule has 1 aliphatic heterocycles. The van der Waals surface area contributed by atoms with Gasteiger partial charge in [0, 0.05) is 37.3 Å². The molecule has 1 aromatic carbocycles. The highest BCUT2D eigenvalue weighted by molar-refractivity contribution is 7.99. The number of likely N-dealkylation sites (N-methyl/N-ethyl adjacent to an activating group) is 1. The molecule has 1 aliphatic rings. The molecule has 92 valence electrons. The molecule has 1 saturated heterocycles. The fourth-order valence-corrected chi connectivity index (χ4v) is 2.79. The van der Waals surface area contributed by atoms with Gasteiger partial charge in [0.1, 0.15) is 0 Å². The van der Waals surface area contributed by atoms with Crippen molar-refractivity contribution in [1.29, 1.82) is 0 Å². The van der Waals surface area contributed by atoms with E-state index in [2.05, 4.69) is 0 Å². The predicted molar refractivity (Wildman–Crippen MR) is 73.6 cm³/mol. The Balaban J connectivity index is 1.89. The summed E-state index contributed by atoms with van der Waals surface area (Å²) in [4.78, 5) is 16.0. The summed E-state index contributed by atoms with van der Waals surface area (Å²) in [6.45, 7) is 2.26. The maximum Gasteiger partial charge on any atom is 0.242 e. The number of para-hydroxylation sites is 1. The molecular formula is C13H18N2OS. The molecule has 0 unspecified atom stereocenters. The van der Waals surface area contributed by atoms with Crippen LogP contribution in [0.5, 0.6) is 0 Å². The van der Waals surface area contributed by atoms with E-state index < -0.39 is 0 Å². The topological polar surface area (TPSA) is 23.6 Å². The van der Waals surface area contributed by atoms with Gasteiger partial charge in [0.15, 0.2) is 0 Å². The number of amides is 1. The van der Waals surface area contributed by atoms with E-state index >= 15 is 0 Å². The molecule has 1 heterocycles. The minimum absolute atomic E-state index is 0.233. The van der Waals surface area contributed by atoms with Crippen molar-refractivity contribution in [3.05, 3.63) is 30.3 Å². The Morgan fingerprint density at radius 3 is 2.59 bits per heavy atom. The van der Waals surface area contributed by atoms with Crippen LogP contribution in [0.25, 0.3) is 0 Å². The van der Waals surface area contributed by atoms with Crippen LogP contribution >= 0.6 is 11.8 Å². The van der Waals surface area contributed by atoms with E-state index in [0.29, 0.717) is 6.54 Å². The Kier molecular flexibility index (Phi) is 4.31. The molecule has 17 heavy (non-hydrogen) atoms. The summed E-state index contributed by atoms with van der Waals surface area (Å²) < 4.78 is 0. The van der Waals surface area contributed by atoms with E-state index in [-0.39, 0.29) is 5.91 Å². The molecule has 4 heteroatoms. The highest BCUT2D eigenvalue weighted by Crippen LogP contribution is 2.13. The highest BCUT2D eigenvalue weighted by Gasteiger charge is 2.17. The molecule has 0 aromatic heterocycles. The molecule has 1 aromatic rings. The van der Waals surface area contributed by atoms with E-state index in [1.165, 1.54) is 0 Å². The third-order valence-corrected chi connectivity index (χ3v) is 3.88. The number of rotatable bonds is 3. The lowest BCUT2D eigenvalue weighted by molar-refractivity contribution is -0.129. The van der Waals surface area contributed by atoms with Gasteiger partial charge in [-0.2, -0.15) is 11.8 Å². The number of nitrogens with zero attached hydrogens (tertiary/aromatic N) is 2. The maximum atomic E-state index is 12.1. The Labute approximate surface area is 107 Å². The molecule has 0 spiro atoms. The van der Waals surface area contributed by atoms with Crippen molar-refractivity contribution in [3.8, 4) is 0 Å². The summed E-state index contributed by atoms with van der Waals surface area (Å²) in [6, 6.07) is 10.0. The molecule has 3 nitrogen and oxygen atoms in total. The minimum Gasteiger partial charge on any atom is -0.365 e. The van der Waals surface area contributed by atoms with Gasteiger partial charge in [0.05, 0.1) is 6.54 Å². The SMILES string of the molecule is CN(CC(=O)N1CCSCC1)c1ccccc1. The first kappa shape index (κ1) is 12.3. The smallest absolute Gasteiger partial charge is 0.242 e. The average Bonchev–Trinajstić information content (AvgIpc) is 2.40. The van der Waals surface area contributed by atoms with Crippen LogP contribution in [-0.4, -0.2) is 49.0 Å². The number of anilines is 1. The molecule has 1 fully saturated rings. The third-order valence-electron chi connectivity index (χ3n) is 2.93. The first-order valence-electron chi connectivity index (χ1n) is 5.89. The summed E-state index contributed by atoms with van der Waals surface area (Å²) in [5.74, 6) is 2.37. The van der Waals surface area contributed by atoms with E-state index in [1.807, 2.05) is 58.9 Å². The summed E-state index contributed by atoms with van der Waals surface area (Å²) in [5, 5.41) is 0. The first-order chi connectivity index (χ1) is 8.27. The van der Waals surface area contributed by atoms with E-state index in [1.54, 1.807) is 0 Å². The Hall–Kier alpha value is -1.16. The van der Waals surface area contributed by atoms with Gasteiger partial charge in [0.25, 0.3) is 0 Å². The van der Waals surface area contributed by atoms with E-state index in [0.717, 1.165) is 30.3 Å². The predicted octanol–water partition coefficient (Wildman–Crippen LogP) is 1.70. The second-order valence-corrected chi connectivity index (χ2v) is 5.41. The van der Waals surface area contributed by atoms with Crippen LogP contribution in [0.15, 0.2) is 30.3 Å². The fraction of sp³-hybridized carbons (Fsp3) is 0.462. The average molecular weight is 250 g/mol. The van der Waals surface area contributed by atoms with Gasteiger partial charge >= 0.3 is 0 Å². The second kappa shape index (κ2) is 5.96. The molecule has 0 N–H and O–H groups in total. The number of benzene rings is 1. The van der Waals surface area contributed by atoms with E-state index in [4.69, 9.17) is 0 Å². The quantitative estimate of drug-likeness (QED) is 0.816. The Morgan fingerprint density at radius 2 is 1.94 bits per heavy atom. The number of hydrogen-bond acceptors (Lipinski definition) is 3. The van der Waals surface area contributed by atoms with Crippen LogP contribution in [0, 0.1) is 0 Å². The zero-order valence-electron chi connectivity index (χ0n) is 10.1. The van der Waals surface area contributed by atoms with Crippen molar-refractivity contribution in [2.75, 3.05) is 43.1 Å². The zero-order chi connectivity index (χ0) is 12.1. The summed E-state index contributed by atoms with van der Waals surface area (Å²) in [5.41, 5.74) is 1.09. The van der Waals surface area contributed by atoms with Gasteiger partial charge in [-0.1, -0.05) is 18.2 Å². The number of carbonyl (C=O) groups is 1. The van der Waals surface area contributed by atoms with Crippen LogP contribution in [0.4, 0.5) is 5.69 Å². The molecule has 0 radical (unpaired) electrons. The van der Waals surface area contributed by atoms with Gasteiger partial charge < -0.3 is 9.80 Å². The number of hydrogen-bond donors (Lipinski definition) is 0. The Bertz CT molecular complexity index is 363. The molecule has 0 saturated carbocycles. The van der Waals surface area contributed by atoms with Gasteiger partial charge in [-0.25, -0.2) is 0 Å². The van der Waals surface area contributed by atoms with Gasteiger partial charge in [0.2, 0.25) is 5.91 Å². The van der Waals surface area contributed by atoms with Crippen LogP contribution < -0.4 is 4.90 Å². The van der Waals surface area contributed by atoms with Crippen LogP contribution in [0.1, 0.15) is 0 Å². The summed E-state index contributed by atoms with van der Waals surface area (Å²) >= 11 is 1.92. The van der Waals surface area contributed by atoms with E-state index in [9.17, 15) is 4.79 Å². The van der Waals surface area contributed by atoms with Crippen LogP contribution in [0.2, 0.25) is 0 Å². The van der Waals surface area contributed by atoms with Crippen molar-refractivity contribution >= 4 is 23.4 Å². The van der Waals surface area contributed by atoms with Crippen molar-refractivity contribution in [1.82, 2.24) is 4.90 Å². The lowest BCUT2D eigenvalue weighted by Gasteiger charge is -2.29. The van der Waals surface area contributed by atoms with Gasteiger partial charge in [-0.15, -0.1) is 0 Å². The fourth-order valence-electron chi connectivity index (χ4n) is 1.89. The largest absolute Gasteiger partial charge is 0.365 e. The first-order valence-corrected chi connectivity index (χ1v) is 7.04. The molecule has 0 atom stereocenters. The van der Waals surface area contributed by atoms with Crippen LogP contribution in [0.3, 0.4) is 0 Å². The lowest BCUT2D eigenvalue weighted by atomic mass is 10.3. The summed E-state index contributed by atoms with van der Waals surface area (Å²) in [7, 11) is 1.96. The normalized spacial score (nSPS) is 15.7. The van der Waals surface area contributed by atoms with Gasteiger partial charge in [-0.05, 0) is 12.1 Å². The molecule has 1 amide bonds. The molecule has 0 aliphatic carbocycles. The van der Waals surface area contributed by atoms with Crippen molar-refractivity contribution < 1.29 is 4.79 Å². The number of carbonyl (C=O) groups excluding carboxylic acids is 1. The monoisotopic (exact) mass is 250 g/mol. The van der Waals surface area contributed by atoms with Crippen LogP contribution in [-0.2, 0) is 4.79 Å². The van der Waals surface area contributed by atoms with Crippen molar-refractivity contribution in [2.45, 2.75) is 0 Å². The number of thioether (sulfide) groups is 1.